The summed E-state index contributed by atoms with van der Waals surface area (Å²) in [7, 11) is 0. The lowest BCUT2D eigenvalue weighted by Crippen LogP contribution is -2.26. The van der Waals surface area contributed by atoms with Gasteiger partial charge in [0.1, 0.15) is 0 Å². The monoisotopic (exact) mass is 790 g/mol. The smallest absolute Gasteiger partial charge is 0.0702 e. The summed E-state index contributed by atoms with van der Waals surface area (Å²) in [4.78, 5) is 20.6. The van der Waals surface area contributed by atoms with Crippen LogP contribution in [0.25, 0.3) is 44.5 Å². The maximum absolute atomic E-state index is 5.21. The molecule has 2 aliphatic rings. The first kappa shape index (κ1) is 38.3. The van der Waals surface area contributed by atoms with Crippen molar-refractivity contribution >= 4 is 44.8 Å². The third-order valence-electron chi connectivity index (χ3n) is 11.0. The summed E-state index contributed by atoms with van der Waals surface area (Å²) in [6, 6.07) is 48.8. The average Bonchev–Trinajstić information content (AvgIpc) is 3.34. The van der Waals surface area contributed by atoms with Gasteiger partial charge < -0.3 is 0 Å². The van der Waals surface area contributed by atoms with Gasteiger partial charge in [0.05, 0.1) is 22.8 Å². The maximum Gasteiger partial charge on any atom is 0.0702 e. The number of hydrogen-bond donors (Lipinski definition) is 0. The van der Waals surface area contributed by atoms with Gasteiger partial charge in [-0.25, -0.2) is 0 Å². The molecule has 0 N–H and O–H groups in total. The molecule has 0 saturated carbocycles. The van der Waals surface area contributed by atoms with Crippen LogP contribution < -0.4 is 10.6 Å². The summed E-state index contributed by atoms with van der Waals surface area (Å²) in [5, 5.41) is 4.52. The first-order valence-corrected chi connectivity index (χ1v) is 22.0. The first-order chi connectivity index (χ1) is 29.6. The molecule has 9 rings (SSSR count). The molecule has 0 bridgehead atoms. The van der Waals surface area contributed by atoms with Crippen molar-refractivity contribution in [2.24, 2.45) is 0 Å². The van der Waals surface area contributed by atoms with Crippen molar-refractivity contribution in [2.75, 3.05) is 0 Å². The Bertz CT molecular complexity index is 2800. The highest BCUT2D eigenvalue weighted by Gasteiger charge is 2.36. The van der Waals surface area contributed by atoms with E-state index in [9.17, 15) is 0 Å². The number of hydrogen-bond acceptors (Lipinski definition) is 4. The van der Waals surface area contributed by atoms with Crippen LogP contribution in [0.5, 0.6) is 0 Å². The molecule has 5 heteroatoms. The zero-order valence-electron chi connectivity index (χ0n) is 33.3. The molecule has 5 heterocycles. The second kappa shape index (κ2) is 17.3. The zero-order valence-corrected chi connectivity index (χ0v) is 34.2. The highest BCUT2D eigenvalue weighted by molar-refractivity contribution is 7.98. The van der Waals surface area contributed by atoms with E-state index in [2.05, 4.69) is 190 Å². The van der Waals surface area contributed by atoms with Gasteiger partial charge >= 0.3 is 0 Å². The molecule has 0 atom stereocenters. The van der Waals surface area contributed by atoms with Crippen LogP contribution in [-0.2, 0) is 0 Å². The Balaban J connectivity index is 1.38. The topological polar surface area (TPSA) is 51.6 Å². The fourth-order valence-corrected chi connectivity index (χ4v) is 12.5. The van der Waals surface area contributed by atoms with Gasteiger partial charge in [-0.1, -0.05) is 165 Å². The fourth-order valence-electron chi connectivity index (χ4n) is 8.07. The fraction of sp³-hybridized carbons (Fsp3) is 0.0364. The summed E-state index contributed by atoms with van der Waals surface area (Å²) in [5.41, 5.74) is 12.1. The van der Waals surface area contributed by atoms with Crippen molar-refractivity contribution in [3.63, 3.8) is 0 Å². The standard InChI is InChI=1S/C55H43N4P/c1-3-17-40(4-2)50-30-26-45(36-56-50)54-34-47(41-18-9-5-10-19-41)35-55(46-27-31-51(57-37-46)42-20-11-6-12-21-42)60(54,48-28-32-52(58-38-48)43-22-13-7-14-23-43)49-29-33-53(59-39-49)44-24-15-8-16-25-44/h3-5,7-11,13-39H,1-2,6,12H2/b40-17+. The molecule has 0 unspecified atom stereocenters. The number of nitrogens with zero attached hydrogens (tertiary/aromatic N) is 4. The van der Waals surface area contributed by atoms with Gasteiger partial charge in [0, 0.05) is 57.7 Å². The molecule has 4 nitrogen and oxygen atoms in total. The van der Waals surface area contributed by atoms with E-state index in [1.54, 1.807) is 6.08 Å². The van der Waals surface area contributed by atoms with Gasteiger partial charge in [0.2, 0.25) is 0 Å². The van der Waals surface area contributed by atoms with E-state index in [1.165, 1.54) is 0 Å². The van der Waals surface area contributed by atoms with Crippen molar-refractivity contribution in [1.29, 1.82) is 0 Å². The third-order valence-corrected chi connectivity index (χ3v) is 15.3. The van der Waals surface area contributed by atoms with E-state index in [1.807, 2.05) is 30.5 Å². The van der Waals surface area contributed by atoms with Crippen molar-refractivity contribution in [1.82, 2.24) is 19.9 Å². The van der Waals surface area contributed by atoms with E-state index in [0.29, 0.717) is 0 Å². The van der Waals surface area contributed by atoms with Gasteiger partial charge in [-0.3, -0.25) is 19.9 Å². The molecule has 0 spiro atoms. The highest BCUT2D eigenvalue weighted by atomic mass is 31.2. The van der Waals surface area contributed by atoms with E-state index >= 15 is 0 Å². The first-order valence-electron chi connectivity index (χ1n) is 20.2. The second-order valence-corrected chi connectivity index (χ2v) is 18.0. The maximum atomic E-state index is 5.21. The van der Waals surface area contributed by atoms with E-state index < -0.39 is 6.89 Å². The minimum Gasteiger partial charge on any atom is -0.256 e. The molecule has 0 amide bonds. The number of rotatable bonds is 11. The van der Waals surface area contributed by atoms with Crippen LogP contribution in [-0.4, -0.2) is 25.2 Å². The van der Waals surface area contributed by atoms with Crippen LogP contribution >= 0.6 is 6.89 Å². The quantitative estimate of drug-likeness (QED) is 0.0967. The SMILES string of the molecule is C=C/C=C(\C=C)c1ccc(C2=P(c3ccc(-c4ccccc4)nc3)(c3ccc(-c4ccccc4)nc3)C(c3ccc(C4=CCCC=C4)nc3)=CC(c3ccccc3)=C2)cn1. The van der Waals surface area contributed by atoms with Gasteiger partial charge in [0.25, 0.3) is 0 Å². The summed E-state index contributed by atoms with van der Waals surface area (Å²) < 4.78 is 0. The molecule has 288 valence electrons. The van der Waals surface area contributed by atoms with E-state index in [4.69, 9.17) is 19.9 Å². The molecule has 0 saturated heterocycles. The van der Waals surface area contributed by atoms with Crippen LogP contribution in [0.3, 0.4) is 0 Å². The molecule has 1 aliphatic carbocycles. The Morgan fingerprint density at radius 2 is 1.08 bits per heavy atom. The largest absolute Gasteiger partial charge is 0.256 e. The summed E-state index contributed by atoms with van der Waals surface area (Å²) in [6.45, 7) is 5.14. The summed E-state index contributed by atoms with van der Waals surface area (Å²) in [5.74, 6) is 0. The molecule has 3 aromatic carbocycles. The lowest BCUT2D eigenvalue weighted by atomic mass is 10.0. The Morgan fingerprint density at radius 3 is 1.58 bits per heavy atom. The second-order valence-electron chi connectivity index (χ2n) is 14.7. The van der Waals surface area contributed by atoms with E-state index in [0.717, 1.165) is 101 Å². The lowest BCUT2D eigenvalue weighted by Gasteiger charge is -2.36. The molecule has 7 aromatic rings. The van der Waals surface area contributed by atoms with Gasteiger partial charge in [0.15, 0.2) is 0 Å². The minimum atomic E-state index is -2.83. The number of allylic oxidation sites excluding steroid dienone is 11. The summed E-state index contributed by atoms with van der Waals surface area (Å²) in [6.07, 6.45) is 27.3. The summed E-state index contributed by atoms with van der Waals surface area (Å²) >= 11 is 0. The third kappa shape index (κ3) is 7.46. The highest BCUT2D eigenvalue weighted by Crippen LogP contribution is 2.63. The predicted octanol–water partition coefficient (Wildman–Crippen LogP) is 12.4. The minimum absolute atomic E-state index is 0.825. The predicted molar refractivity (Wildman–Crippen MR) is 255 cm³/mol. The Hall–Kier alpha value is -7.26. The van der Waals surface area contributed by atoms with Crippen molar-refractivity contribution in [3.05, 3.63) is 254 Å². The van der Waals surface area contributed by atoms with E-state index in [-0.39, 0.29) is 0 Å². The zero-order chi connectivity index (χ0) is 40.7. The van der Waals surface area contributed by atoms with Crippen LogP contribution in [0.15, 0.2) is 226 Å². The Kier molecular flexibility index (Phi) is 11.0. The average molecular weight is 791 g/mol. The normalized spacial score (nSPS) is 14.8. The van der Waals surface area contributed by atoms with Crippen molar-refractivity contribution in [3.8, 4) is 22.5 Å². The van der Waals surface area contributed by atoms with Crippen molar-refractivity contribution < 1.29 is 0 Å². The lowest BCUT2D eigenvalue weighted by molar-refractivity contribution is 1.04. The van der Waals surface area contributed by atoms with Gasteiger partial charge in [-0.05, 0) is 89.0 Å². The molecule has 0 fully saturated rings. The Morgan fingerprint density at radius 1 is 0.500 bits per heavy atom. The molecule has 60 heavy (non-hydrogen) atoms. The van der Waals surface area contributed by atoms with Gasteiger partial charge in [-0.15, -0.1) is 0 Å². The molecular weight excluding hydrogens is 748 g/mol. The molecule has 4 aromatic heterocycles. The number of benzene rings is 3. The molecular formula is C55H43N4P. The van der Waals surface area contributed by atoms with Crippen molar-refractivity contribution in [2.45, 2.75) is 12.8 Å². The number of aromatic nitrogens is 4. The van der Waals surface area contributed by atoms with Crippen LogP contribution in [0.4, 0.5) is 0 Å². The Labute approximate surface area is 352 Å². The molecule has 0 radical (unpaired) electrons. The van der Waals surface area contributed by atoms with Crippen LogP contribution in [0, 0.1) is 0 Å². The van der Waals surface area contributed by atoms with Crippen LogP contribution in [0.2, 0.25) is 0 Å². The number of pyridine rings is 4. The van der Waals surface area contributed by atoms with Crippen LogP contribution in [0.1, 0.15) is 40.9 Å². The molecule has 1 aliphatic heterocycles. The van der Waals surface area contributed by atoms with Gasteiger partial charge in [-0.2, -0.15) is 0 Å².